The minimum Gasteiger partial charge on any atom is -0.346 e. The van der Waals surface area contributed by atoms with Gasteiger partial charge in [0.05, 0.1) is 11.7 Å². The predicted octanol–water partition coefficient (Wildman–Crippen LogP) is 5.25. The molecule has 3 aromatic rings. The number of hydrogen-bond donors (Lipinski definition) is 1. The molecule has 0 bridgehead atoms. The molecule has 152 valence electrons. The summed E-state index contributed by atoms with van der Waals surface area (Å²) in [5, 5.41) is 12.9. The number of thioether (sulfide) groups is 1. The SMILES string of the molecule is CCC(=O)NC(C)c1nnc(SCc2ccc(F)cc2)n1-c1cc(Cl)ccc1C. The van der Waals surface area contributed by atoms with E-state index in [-0.39, 0.29) is 17.8 Å². The average Bonchev–Trinajstić information content (AvgIpc) is 3.13. The zero-order valence-corrected chi connectivity index (χ0v) is 18.0. The minimum atomic E-state index is -0.325. The van der Waals surface area contributed by atoms with Crippen LogP contribution >= 0.6 is 23.4 Å². The zero-order chi connectivity index (χ0) is 21.0. The summed E-state index contributed by atoms with van der Waals surface area (Å²) in [7, 11) is 0. The van der Waals surface area contributed by atoms with Crippen LogP contribution in [0.15, 0.2) is 47.6 Å². The number of benzene rings is 2. The average molecular weight is 433 g/mol. The minimum absolute atomic E-state index is 0.0598. The van der Waals surface area contributed by atoms with Crippen molar-refractivity contribution in [3.05, 3.63) is 70.3 Å². The molecule has 1 N–H and O–H groups in total. The van der Waals surface area contributed by atoms with Gasteiger partial charge in [-0.2, -0.15) is 0 Å². The van der Waals surface area contributed by atoms with E-state index in [2.05, 4.69) is 15.5 Å². The van der Waals surface area contributed by atoms with E-state index in [0.717, 1.165) is 16.8 Å². The molecule has 8 heteroatoms. The first-order valence-corrected chi connectivity index (χ1v) is 10.6. The van der Waals surface area contributed by atoms with Gasteiger partial charge in [-0.1, -0.05) is 48.5 Å². The standard InChI is InChI=1S/C21H22ClFN4OS/c1-4-19(28)24-14(3)20-25-26-21(29-12-15-6-9-17(23)10-7-15)27(20)18-11-16(22)8-5-13(18)2/h5-11,14H,4,12H2,1-3H3,(H,24,28). The summed E-state index contributed by atoms with van der Waals surface area (Å²) in [4.78, 5) is 11.9. The number of nitrogens with one attached hydrogen (secondary N) is 1. The molecule has 0 saturated heterocycles. The summed E-state index contributed by atoms with van der Waals surface area (Å²) in [6.45, 7) is 5.67. The molecule has 0 saturated carbocycles. The smallest absolute Gasteiger partial charge is 0.220 e. The quantitative estimate of drug-likeness (QED) is 0.518. The zero-order valence-electron chi connectivity index (χ0n) is 16.4. The van der Waals surface area contributed by atoms with Crippen molar-refractivity contribution in [1.29, 1.82) is 0 Å². The number of nitrogens with zero attached hydrogens (tertiary/aromatic N) is 3. The number of aromatic nitrogens is 3. The van der Waals surface area contributed by atoms with Gasteiger partial charge in [-0.05, 0) is 49.2 Å². The molecule has 0 aliphatic rings. The highest BCUT2D eigenvalue weighted by Crippen LogP contribution is 2.30. The van der Waals surface area contributed by atoms with Gasteiger partial charge in [0.25, 0.3) is 0 Å². The maximum Gasteiger partial charge on any atom is 0.220 e. The molecule has 1 atom stereocenters. The Bertz CT molecular complexity index is 1010. The van der Waals surface area contributed by atoms with Crippen molar-refractivity contribution >= 4 is 29.3 Å². The van der Waals surface area contributed by atoms with Gasteiger partial charge in [0, 0.05) is 17.2 Å². The van der Waals surface area contributed by atoms with E-state index in [4.69, 9.17) is 11.6 Å². The van der Waals surface area contributed by atoms with Crippen molar-refractivity contribution in [3.8, 4) is 5.69 Å². The molecule has 1 heterocycles. The second kappa shape index (κ2) is 9.41. The van der Waals surface area contributed by atoms with Crippen LogP contribution in [-0.4, -0.2) is 20.7 Å². The molecule has 1 aromatic heterocycles. The summed E-state index contributed by atoms with van der Waals surface area (Å²) in [5.41, 5.74) is 2.84. The number of carbonyl (C=O) groups excluding carboxylic acids is 1. The molecule has 0 aliphatic heterocycles. The van der Waals surface area contributed by atoms with Crippen LogP contribution in [0, 0.1) is 12.7 Å². The number of amides is 1. The lowest BCUT2D eigenvalue weighted by Gasteiger charge is -2.17. The fraction of sp³-hybridized carbons (Fsp3) is 0.286. The molecular formula is C21H22ClFN4OS. The van der Waals surface area contributed by atoms with Gasteiger partial charge < -0.3 is 5.32 Å². The van der Waals surface area contributed by atoms with Crippen LogP contribution < -0.4 is 5.32 Å². The first-order chi connectivity index (χ1) is 13.9. The van der Waals surface area contributed by atoms with Gasteiger partial charge in [-0.3, -0.25) is 9.36 Å². The molecule has 29 heavy (non-hydrogen) atoms. The third-order valence-corrected chi connectivity index (χ3v) is 5.67. The largest absolute Gasteiger partial charge is 0.346 e. The Morgan fingerprint density at radius 3 is 2.66 bits per heavy atom. The van der Waals surface area contributed by atoms with Crippen LogP contribution in [-0.2, 0) is 10.5 Å². The van der Waals surface area contributed by atoms with Gasteiger partial charge in [0.15, 0.2) is 11.0 Å². The maximum absolute atomic E-state index is 13.2. The maximum atomic E-state index is 13.2. The fourth-order valence-corrected chi connectivity index (χ4v) is 3.92. The van der Waals surface area contributed by atoms with E-state index in [1.807, 2.05) is 36.6 Å². The molecule has 0 radical (unpaired) electrons. The Morgan fingerprint density at radius 2 is 1.97 bits per heavy atom. The molecule has 0 fully saturated rings. The number of halogens is 2. The van der Waals surface area contributed by atoms with Crippen molar-refractivity contribution in [2.24, 2.45) is 0 Å². The lowest BCUT2D eigenvalue weighted by atomic mass is 10.2. The fourth-order valence-electron chi connectivity index (χ4n) is 2.84. The summed E-state index contributed by atoms with van der Waals surface area (Å²) < 4.78 is 15.1. The number of aryl methyl sites for hydroxylation is 1. The van der Waals surface area contributed by atoms with E-state index < -0.39 is 0 Å². The van der Waals surface area contributed by atoms with Crippen molar-refractivity contribution in [1.82, 2.24) is 20.1 Å². The van der Waals surface area contributed by atoms with Gasteiger partial charge in [-0.25, -0.2) is 4.39 Å². The molecule has 2 aromatic carbocycles. The van der Waals surface area contributed by atoms with E-state index in [1.165, 1.54) is 23.9 Å². The molecular weight excluding hydrogens is 411 g/mol. The molecule has 1 amide bonds. The highest BCUT2D eigenvalue weighted by atomic mass is 35.5. The second-order valence-electron chi connectivity index (χ2n) is 6.66. The topological polar surface area (TPSA) is 59.8 Å². The number of rotatable bonds is 7. The van der Waals surface area contributed by atoms with Gasteiger partial charge in [-0.15, -0.1) is 10.2 Å². The normalized spacial score (nSPS) is 12.0. The van der Waals surface area contributed by atoms with Crippen molar-refractivity contribution in [2.45, 2.75) is 44.1 Å². The lowest BCUT2D eigenvalue weighted by Crippen LogP contribution is -2.28. The Balaban J connectivity index is 1.98. The predicted molar refractivity (Wildman–Crippen MR) is 114 cm³/mol. The van der Waals surface area contributed by atoms with Crippen LogP contribution in [0.1, 0.15) is 43.3 Å². The summed E-state index contributed by atoms with van der Waals surface area (Å²) in [6.07, 6.45) is 0.390. The number of carbonyl (C=O) groups is 1. The van der Waals surface area contributed by atoms with Crippen LogP contribution in [0.4, 0.5) is 4.39 Å². The van der Waals surface area contributed by atoms with Gasteiger partial charge in [0.1, 0.15) is 5.82 Å². The van der Waals surface area contributed by atoms with Crippen molar-refractivity contribution < 1.29 is 9.18 Å². The monoisotopic (exact) mass is 432 g/mol. The van der Waals surface area contributed by atoms with Crippen LogP contribution in [0.2, 0.25) is 5.02 Å². The molecule has 1 unspecified atom stereocenters. The summed E-state index contributed by atoms with van der Waals surface area (Å²) in [5.74, 6) is 0.904. The summed E-state index contributed by atoms with van der Waals surface area (Å²) in [6, 6.07) is 11.7. The van der Waals surface area contributed by atoms with Crippen molar-refractivity contribution in [2.75, 3.05) is 0 Å². The second-order valence-corrected chi connectivity index (χ2v) is 8.04. The van der Waals surface area contributed by atoms with E-state index in [1.54, 1.807) is 19.1 Å². The third kappa shape index (κ3) is 5.16. The Hall–Kier alpha value is -2.38. The highest BCUT2D eigenvalue weighted by molar-refractivity contribution is 7.98. The van der Waals surface area contributed by atoms with Crippen LogP contribution in [0.3, 0.4) is 0 Å². The van der Waals surface area contributed by atoms with Gasteiger partial charge >= 0.3 is 0 Å². The van der Waals surface area contributed by atoms with E-state index in [0.29, 0.717) is 28.2 Å². The first-order valence-electron chi connectivity index (χ1n) is 9.27. The number of hydrogen-bond acceptors (Lipinski definition) is 4. The highest BCUT2D eigenvalue weighted by Gasteiger charge is 2.22. The van der Waals surface area contributed by atoms with E-state index in [9.17, 15) is 9.18 Å². The molecule has 3 rings (SSSR count). The van der Waals surface area contributed by atoms with Gasteiger partial charge in [0.2, 0.25) is 5.91 Å². The molecule has 0 spiro atoms. The molecule has 5 nitrogen and oxygen atoms in total. The Morgan fingerprint density at radius 1 is 1.24 bits per heavy atom. The lowest BCUT2D eigenvalue weighted by molar-refractivity contribution is -0.121. The molecule has 0 aliphatic carbocycles. The summed E-state index contributed by atoms with van der Waals surface area (Å²) >= 11 is 7.74. The van der Waals surface area contributed by atoms with Crippen molar-refractivity contribution in [3.63, 3.8) is 0 Å². The van der Waals surface area contributed by atoms with Crippen LogP contribution in [0.25, 0.3) is 5.69 Å². The Kier molecular flexibility index (Phi) is 6.92. The third-order valence-electron chi connectivity index (χ3n) is 4.44. The Labute approximate surface area is 178 Å². The van der Waals surface area contributed by atoms with E-state index >= 15 is 0 Å². The first kappa shape index (κ1) is 21.3. The van der Waals surface area contributed by atoms with Crippen LogP contribution in [0.5, 0.6) is 0 Å².